The highest BCUT2D eigenvalue weighted by Crippen LogP contribution is 2.08. The second-order valence-electron chi connectivity index (χ2n) is 2.25. The molecule has 6 heteroatoms. The minimum atomic E-state index is 0.492. The van der Waals surface area contributed by atoms with E-state index in [1.807, 2.05) is 6.26 Å². The van der Waals surface area contributed by atoms with Crippen molar-refractivity contribution in [2.45, 2.75) is 5.16 Å². The van der Waals surface area contributed by atoms with Crippen molar-refractivity contribution in [1.82, 2.24) is 15.1 Å². The summed E-state index contributed by atoms with van der Waals surface area (Å²) in [5.41, 5.74) is 6.35. The van der Waals surface area contributed by atoms with Gasteiger partial charge in [0.2, 0.25) is 5.82 Å². The minimum Gasteiger partial charge on any atom is -0.370 e. The van der Waals surface area contributed by atoms with Gasteiger partial charge < -0.3 is 5.73 Å². The Morgan fingerprint density at radius 2 is 2.50 bits per heavy atom. The Bertz CT molecular complexity index is 409. The van der Waals surface area contributed by atoms with Crippen molar-refractivity contribution >= 4 is 23.2 Å². The molecule has 0 saturated carbocycles. The molecule has 0 aromatic carbocycles. The summed E-state index contributed by atoms with van der Waals surface area (Å²) in [6.45, 7) is 0. The molecule has 0 unspecified atom stereocenters. The number of aromatic amines is 1. The van der Waals surface area contributed by atoms with Gasteiger partial charge in [-0.3, -0.25) is 0 Å². The maximum Gasteiger partial charge on any atom is 0.323 e. The Morgan fingerprint density at radius 1 is 1.67 bits per heavy atom. The number of aromatic nitrogens is 4. The number of hydrogen-bond donors (Lipinski definition) is 2. The van der Waals surface area contributed by atoms with E-state index >= 15 is 0 Å². The first-order valence-corrected chi connectivity index (χ1v) is 4.59. The van der Waals surface area contributed by atoms with Gasteiger partial charge in [0.15, 0.2) is 6.33 Å². The second kappa shape index (κ2) is 2.63. The number of fused-ring (bicyclic) bond motifs is 1. The quantitative estimate of drug-likeness (QED) is 0.365. The van der Waals surface area contributed by atoms with E-state index in [4.69, 9.17) is 5.73 Å². The van der Waals surface area contributed by atoms with Gasteiger partial charge in [-0.1, -0.05) is 21.7 Å². The fourth-order valence-corrected chi connectivity index (χ4v) is 1.52. The van der Waals surface area contributed by atoms with E-state index in [2.05, 4.69) is 15.1 Å². The van der Waals surface area contributed by atoms with Crippen LogP contribution in [0.3, 0.4) is 0 Å². The number of nitrogens with one attached hydrogen (secondary N) is 1. The molecule has 62 valence electrons. The van der Waals surface area contributed by atoms with Crippen LogP contribution < -0.4 is 10.2 Å². The number of rotatable bonds is 1. The Morgan fingerprint density at radius 3 is 3.25 bits per heavy atom. The van der Waals surface area contributed by atoms with Crippen LogP contribution in [0.2, 0.25) is 0 Å². The van der Waals surface area contributed by atoms with Gasteiger partial charge in [0.05, 0.1) is 6.07 Å². The standard InChI is InChI=1S/C6H7N5S/c1-12-6-10-4(7)2-5-8-3-9-11(5)6/h2-3H,1H3,(H2,7,8,9)/p+1. The lowest BCUT2D eigenvalue weighted by molar-refractivity contribution is -0.622. The normalized spacial score (nSPS) is 10.8. The fraction of sp³-hybridized carbons (Fsp3) is 0.167. The molecule has 0 aliphatic rings. The summed E-state index contributed by atoms with van der Waals surface area (Å²) in [6, 6.07) is 1.72. The lowest BCUT2D eigenvalue weighted by atomic mass is 10.6. The zero-order chi connectivity index (χ0) is 8.55. The molecule has 5 nitrogen and oxygen atoms in total. The first-order chi connectivity index (χ1) is 5.81. The summed E-state index contributed by atoms with van der Waals surface area (Å²) < 4.78 is 1.78. The third-order valence-corrected chi connectivity index (χ3v) is 2.13. The summed E-state index contributed by atoms with van der Waals surface area (Å²) in [5.74, 6) is 0.492. The average molecular weight is 182 g/mol. The van der Waals surface area contributed by atoms with Crippen LogP contribution in [0.4, 0.5) is 5.82 Å². The highest BCUT2D eigenvalue weighted by atomic mass is 32.2. The molecule has 0 radical (unpaired) electrons. The molecule has 2 aromatic heterocycles. The number of nitrogen functional groups attached to an aromatic ring is 1. The Labute approximate surface area is 73.0 Å². The molecule has 2 heterocycles. The molecule has 0 aliphatic carbocycles. The van der Waals surface area contributed by atoms with Crippen molar-refractivity contribution in [2.75, 3.05) is 12.0 Å². The van der Waals surface area contributed by atoms with Crippen molar-refractivity contribution in [3.05, 3.63) is 12.4 Å². The maximum atomic E-state index is 5.57. The number of thioether (sulfide) groups is 1. The van der Waals surface area contributed by atoms with Crippen LogP contribution in [-0.2, 0) is 0 Å². The Hall–Kier alpha value is -1.30. The molecule has 0 spiro atoms. The number of nitrogens with two attached hydrogens (primary N) is 1. The topological polar surface area (TPSA) is 71.7 Å². The third kappa shape index (κ3) is 1.00. The third-order valence-electron chi connectivity index (χ3n) is 1.49. The predicted molar refractivity (Wildman–Crippen MR) is 45.7 cm³/mol. The molecule has 0 bridgehead atoms. The van der Waals surface area contributed by atoms with Crippen molar-refractivity contribution in [3.63, 3.8) is 0 Å². The van der Waals surface area contributed by atoms with Crippen molar-refractivity contribution in [1.29, 1.82) is 0 Å². The van der Waals surface area contributed by atoms with Gasteiger partial charge in [-0.25, -0.2) is 5.10 Å². The summed E-state index contributed by atoms with van der Waals surface area (Å²) in [7, 11) is 0. The number of hydrogen-bond acceptors (Lipinski definition) is 4. The number of nitrogens with zero attached hydrogens (tertiary/aromatic N) is 3. The second-order valence-corrected chi connectivity index (χ2v) is 3.02. The molecule has 0 amide bonds. The highest BCUT2D eigenvalue weighted by molar-refractivity contribution is 7.98. The fourth-order valence-electron chi connectivity index (χ4n) is 0.994. The molecule has 0 fully saturated rings. The van der Waals surface area contributed by atoms with Crippen molar-refractivity contribution in [3.8, 4) is 0 Å². The van der Waals surface area contributed by atoms with E-state index in [0.717, 1.165) is 10.8 Å². The van der Waals surface area contributed by atoms with Gasteiger partial charge in [-0.05, 0) is 6.26 Å². The van der Waals surface area contributed by atoms with Crippen molar-refractivity contribution in [2.24, 2.45) is 0 Å². The molecule has 3 N–H and O–H groups in total. The van der Waals surface area contributed by atoms with Gasteiger partial charge >= 0.3 is 5.16 Å². The molecular weight excluding hydrogens is 174 g/mol. The van der Waals surface area contributed by atoms with Crippen LogP contribution >= 0.6 is 11.8 Å². The summed E-state index contributed by atoms with van der Waals surface area (Å²) in [4.78, 5) is 8.19. The van der Waals surface area contributed by atoms with Crippen LogP contribution in [-0.4, -0.2) is 21.3 Å². The first kappa shape index (κ1) is 7.35. The lowest BCUT2D eigenvalue weighted by Crippen LogP contribution is -2.27. The smallest absolute Gasteiger partial charge is 0.323 e. The van der Waals surface area contributed by atoms with Gasteiger partial charge in [0, 0.05) is 0 Å². The highest BCUT2D eigenvalue weighted by Gasteiger charge is 2.12. The molecule has 2 aromatic rings. The Balaban J connectivity index is 2.80. The molecule has 0 saturated heterocycles. The SMILES string of the molecule is CSc1nc(N)cc2nc[nH][n+]12. The van der Waals surface area contributed by atoms with Gasteiger partial charge in [-0.15, -0.1) is 4.52 Å². The monoisotopic (exact) mass is 182 g/mol. The molecule has 2 rings (SSSR count). The summed E-state index contributed by atoms with van der Waals surface area (Å²) in [5, 5.41) is 3.74. The van der Waals surface area contributed by atoms with E-state index in [1.165, 1.54) is 11.8 Å². The van der Waals surface area contributed by atoms with Crippen LogP contribution in [0.1, 0.15) is 0 Å². The van der Waals surface area contributed by atoms with Gasteiger partial charge in [0.1, 0.15) is 0 Å². The van der Waals surface area contributed by atoms with Crippen molar-refractivity contribution < 1.29 is 4.52 Å². The van der Waals surface area contributed by atoms with E-state index in [-0.39, 0.29) is 0 Å². The average Bonchev–Trinajstić information content (AvgIpc) is 2.50. The van der Waals surface area contributed by atoms with Crippen LogP contribution in [0, 0.1) is 0 Å². The maximum absolute atomic E-state index is 5.57. The van der Waals surface area contributed by atoms with E-state index < -0.39 is 0 Å². The van der Waals surface area contributed by atoms with Crippen LogP contribution in [0.25, 0.3) is 5.65 Å². The first-order valence-electron chi connectivity index (χ1n) is 3.37. The van der Waals surface area contributed by atoms with E-state index in [0.29, 0.717) is 5.82 Å². The van der Waals surface area contributed by atoms with Gasteiger partial charge in [-0.2, -0.15) is 0 Å². The van der Waals surface area contributed by atoms with Crippen LogP contribution in [0.5, 0.6) is 0 Å². The van der Waals surface area contributed by atoms with Gasteiger partial charge in [0.25, 0.3) is 5.65 Å². The molecule has 0 atom stereocenters. The molecule has 12 heavy (non-hydrogen) atoms. The Kier molecular flexibility index (Phi) is 1.61. The zero-order valence-electron chi connectivity index (χ0n) is 6.48. The molecule has 0 aliphatic heterocycles. The summed E-state index contributed by atoms with van der Waals surface area (Å²) >= 11 is 1.52. The largest absolute Gasteiger partial charge is 0.370 e. The zero-order valence-corrected chi connectivity index (χ0v) is 7.30. The lowest BCUT2D eigenvalue weighted by Gasteiger charge is -1.91. The minimum absolute atomic E-state index is 0.492. The van der Waals surface area contributed by atoms with E-state index in [1.54, 1.807) is 16.9 Å². The number of H-pyrrole nitrogens is 1. The molecular formula is C6H8N5S+. The predicted octanol–water partition coefficient (Wildman–Crippen LogP) is -0.153. The van der Waals surface area contributed by atoms with Crippen LogP contribution in [0.15, 0.2) is 17.6 Å². The van der Waals surface area contributed by atoms with E-state index in [9.17, 15) is 0 Å². The summed E-state index contributed by atoms with van der Waals surface area (Å²) in [6.07, 6.45) is 3.55. The number of anilines is 1.